The highest BCUT2D eigenvalue weighted by Crippen LogP contribution is 2.28. The minimum Gasteiger partial charge on any atom is -0.339 e. The lowest BCUT2D eigenvalue weighted by atomic mass is 9.93. The van der Waals surface area contributed by atoms with Crippen molar-refractivity contribution in [2.45, 2.75) is 78.2 Å². The molecule has 2 aliphatic rings. The molecule has 0 bridgehead atoms. The van der Waals surface area contributed by atoms with Crippen LogP contribution in [0.15, 0.2) is 24.3 Å². The molecule has 0 N–H and O–H groups in total. The van der Waals surface area contributed by atoms with Gasteiger partial charge in [-0.05, 0) is 76.1 Å². The van der Waals surface area contributed by atoms with Crippen LogP contribution in [-0.2, 0) is 16.0 Å². The van der Waals surface area contributed by atoms with E-state index in [1.807, 2.05) is 6.92 Å². The first kappa shape index (κ1) is 23.0. The van der Waals surface area contributed by atoms with Crippen molar-refractivity contribution in [1.82, 2.24) is 9.80 Å². The van der Waals surface area contributed by atoms with E-state index in [2.05, 4.69) is 41.0 Å². The average molecular weight is 413 g/mol. The highest BCUT2D eigenvalue weighted by molar-refractivity contribution is 5.85. The van der Waals surface area contributed by atoms with Gasteiger partial charge in [0.1, 0.15) is 5.78 Å². The SMILES string of the molecule is CC(=O)CC(C)C(=O)N(CC1CCN(CCc2ccccc2C)CC1)C1CCCC1. The number of hydrogen-bond acceptors (Lipinski definition) is 3. The number of carbonyl (C=O) groups excluding carboxylic acids is 2. The first-order valence-electron chi connectivity index (χ1n) is 12.0. The number of aryl methyl sites for hydroxylation is 1. The topological polar surface area (TPSA) is 40.6 Å². The van der Waals surface area contributed by atoms with Crippen molar-refractivity contribution in [3.05, 3.63) is 35.4 Å². The summed E-state index contributed by atoms with van der Waals surface area (Å²) in [4.78, 5) is 29.5. The molecule has 4 heteroatoms. The normalized spacial score (nSPS) is 19.7. The first-order chi connectivity index (χ1) is 14.4. The summed E-state index contributed by atoms with van der Waals surface area (Å²) in [5.41, 5.74) is 2.84. The van der Waals surface area contributed by atoms with Gasteiger partial charge in [0.05, 0.1) is 0 Å². The molecule has 0 aromatic heterocycles. The maximum Gasteiger partial charge on any atom is 0.226 e. The van der Waals surface area contributed by atoms with Crippen LogP contribution in [0.4, 0.5) is 0 Å². The summed E-state index contributed by atoms with van der Waals surface area (Å²) in [5.74, 6) is 0.731. The largest absolute Gasteiger partial charge is 0.339 e. The number of benzene rings is 1. The molecular formula is C26H40N2O2. The molecular weight excluding hydrogens is 372 g/mol. The van der Waals surface area contributed by atoms with Crippen LogP contribution in [0.1, 0.15) is 69.9 Å². The summed E-state index contributed by atoms with van der Waals surface area (Å²) in [6, 6.07) is 9.08. The Morgan fingerprint density at radius 2 is 1.77 bits per heavy atom. The summed E-state index contributed by atoms with van der Waals surface area (Å²) in [5, 5.41) is 0. The monoisotopic (exact) mass is 412 g/mol. The molecule has 4 nitrogen and oxygen atoms in total. The van der Waals surface area contributed by atoms with E-state index in [1.165, 1.54) is 36.8 Å². The number of piperidine rings is 1. The van der Waals surface area contributed by atoms with Crippen molar-refractivity contribution in [2.75, 3.05) is 26.2 Å². The van der Waals surface area contributed by atoms with Gasteiger partial charge in [0.25, 0.3) is 0 Å². The first-order valence-corrected chi connectivity index (χ1v) is 12.0. The zero-order chi connectivity index (χ0) is 21.5. The van der Waals surface area contributed by atoms with Crippen molar-refractivity contribution < 1.29 is 9.59 Å². The Kier molecular flexibility index (Phi) is 8.50. The van der Waals surface area contributed by atoms with Crippen molar-refractivity contribution in [1.29, 1.82) is 0 Å². The molecule has 1 heterocycles. The van der Waals surface area contributed by atoms with Crippen LogP contribution in [0.3, 0.4) is 0 Å². The van der Waals surface area contributed by atoms with Crippen LogP contribution < -0.4 is 0 Å². The van der Waals surface area contributed by atoms with Crippen LogP contribution >= 0.6 is 0 Å². The smallest absolute Gasteiger partial charge is 0.226 e. The number of nitrogens with zero attached hydrogens (tertiary/aromatic N) is 2. The predicted molar refractivity (Wildman–Crippen MR) is 122 cm³/mol. The van der Waals surface area contributed by atoms with Gasteiger partial charge in [0, 0.05) is 31.5 Å². The van der Waals surface area contributed by atoms with Gasteiger partial charge in [-0.2, -0.15) is 0 Å². The van der Waals surface area contributed by atoms with E-state index in [9.17, 15) is 9.59 Å². The summed E-state index contributed by atoms with van der Waals surface area (Å²) < 4.78 is 0. The molecule has 1 aromatic rings. The van der Waals surface area contributed by atoms with Crippen LogP contribution in [0.5, 0.6) is 0 Å². The van der Waals surface area contributed by atoms with Gasteiger partial charge in [-0.1, -0.05) is 44.0 Å². The molecule has 166 valence electrons. The number of amides is 1. The zero-order valence-corrected chi connectivity index (χ0v) is 19.2. The number of Topliss-reactive ketones (excluding diaryl/α,β-unsaturated/α-hetero) is 1. The third-order valence-corrected chi connectivity index (χ3v) is 7.18. The molecule has 0 radical (unpaired) electrons. The quantitative estimate of drug-likeness (QED) is 0.593. The summed E-state index contributed by atoms with van der Waals surface area (Å²) >= 11 is 0. The minimum atomic E-state index is -0.183. The number of ketones is 1. The second kappa shape index (κ2) is 11.1. The molecule has 1 aromatic carbocycles. The van der Waals surface area contributed by atoms with Gasteiger partial charge in [0.15, 0.2) is 0 Å². The molecule has 2 fully saturated rings. The van der Waals surface area contributed by atoms with Crippen molar-refractivity contribution in [3.63, 3.8) is 0 Å². The average Bonchev–Trinajstić information content (AvgIpc) is 3.26. The van der Waals surface area contributed by atoms with E-state index in [0.29, 0.717) is 18.4 Å². The molecule has 1 aliphatic heterocycles. The number of hydrogen-bond donors (Lipinski definition) is 0. The fraction of sp³-hybridized carbons (Fsp3) is 0.692. The highest BCUT2D eigenvalue weighted by Gasteiger charge is 2.32. The summed E-state index contributed by atoms with van der Waals surface area (Å²) in [6.45, 7) is 9.99. The van der Waals surface area contributed by atoms with Gasteiger partial charge in [-0.3, -0.25) is 4.79 Å². The van der Waals surface area contributed by atoms with Crippen LogP contribution in [0.25, 0.3) is 0 Å². The van der Waals surface area contributed by atoms with E-state index in [1.54, 1.807) is 6.92 Å². The molecule has 0 spiro atoms. The lowest BCUT2D eigenvalue weighted by Gasteiger charge is -2.38. The Hall–Kier alpha value is -1.68. The van der Waals surface area contributed by atoms with E-state index in [0.717, 1.165) is 45.4 Å². The van der Waals surface area contributed by atoms with Crippen molar-refractivity contribution in [3.8, 4) is 0 Å². The third kappa shape index (κ3) is 6.41. The number of likely N-dealkylation sites (tertiary alicyclic amines) is 1. The van der Waals surface area contributed by atoms with Gasteiger partial charge in [-0.25, -0.2) is 0 Å². The van der Waals surface area contributed by atoms with Gasteiger partial charge in [-0.15, -0.1) is 0 Å². The van der Waals surface area contributed by atoms with Crippen molar-refractivity contribution >= 4 is 11.7 Å². The number of carbonyl (C=O) groups is 2. The van der Waals surface area contributed by atoms with Crippen LogP contribution in [-0.4, -0.2) is 53.7 Å². The molecule has 1 saturated heterocycles. The molecule has 1 amide bonds. The van der Waals surface area contributed by atoms with E-state index in [-0.39, 0.29) is 17.6 Å². The van der Waals surface area contributed by atoms with Crippen molar-refractivity contribution in [2.24, 2.45) is 11.8 Å². The van der Waals surface area contributed by atoms with Gasteiger partial charge in [0.2, 0.25) is 5.91 Å². The summed E-state index contributed by atoms with van der Waals surface area (Å²) in [7, 11) is 0. The van der Waals surface area contributed by atoms with Crippen LogP contribution in [0.2, 0.25) is 0 Å². The predicted octanol–water partition coefficient (Wildman–Crippen LogP) is 4.64. The second-order valence-corrected chi connectivity index (χ2v) is 9.70. The maximum atomic E-state index is 13.2. The van der Waals surface area contributed by atoms with Gasteiger partial charge < -0.3 is 14.6 Å². The zero-order valence-electron chi connectivity index (χ0n) is 19.2. The maximum absolute atomic E-state index is 13.2. The van der Waals surface area contributed by atoms with E-state index < -0.39 is 0 Å². The third-order valence-electron chi connectivity index (χ3n) is 7.18. The lowest BCUT2D eigenvalue weighted by molar-refractivity contribution is -0.140. The lowest BCUT2D eigenvalue weighted by Crippen LogP contribution is -2.47. The molecule has 30 heavy (non-hydrogen) atoms. The van der Waals surface area contributed by atoms with Gasteiger partial charge >= 0.3 is 0 Å². The fourth-order valence-corrected chi connectivity index (χ4v) is 5.28. The highest BCUT2D eigenvalue weighted by atomic mass is 16.2. The Balaban J connectivity index is 1.50. The van der Waals surface area contributed by atoms with Crippen LogP contribution in [0, 0.1) is 18.8 Å². The molecule has 3 rings (SSSR count). The second-order valence-electron chi connectivity index (χ2n) is 9.70. The Morgan fingerprint density at radius 1 is 1.10 bits per heavy atom. The number of rotatable bonds is 9. The molecule has 1 unspecified atom stereocenters. The standard InChI is InChI=1S/C26H40N2O2/c1-20-8-4-5-9-24(20)14-17-27-15-12-23(13-16-27)19-28(25-10-6-7-11-25)26(30)21(2)18-22(3)29/h4-5,8-9,21,23,25H,6-7,10-19H2,1-3H3. The summed E-state index contributed by atoms with van der Waals surface area (Å²) in [6.07, 6.45) is 8.56. The Morgan fingerprint density at radius 3 is 2.40 bits per heavy atom. The Labute approximate surface area is 183 Å². The molecule has 1 saturated carbocycles. The van der Waals surface area contributed by atoms with E-state index in [4.69, 9.17) is 0 Å². The molecule has 1 aliphatic carbocycles. The Bertz CT molecular complexity index is 703. The fourth-order valence-electron chi connectivity index (χ4n) is 5.28. The molecule has 1 atom stereocenters. The minimum absolute atomic E-state index is 0.115. The van der Waals surface area contributed by atoms with E-state index >= 15 is 0 Å².